The molecule has 9 heteroatoms. The number of nitrogens with one attached hydrogen (secondary N) is 1. The first-order valence-corrected chi connectivity index (χ1v) is 9.18. The molecule has 0 amide bonds. The van der Waals surface area contributed by atoms with Crippen LogP contribution < -0.4 is 4.72 Å². The van der Waals surface area contributed by atoms with Gasteiger partial charge in [-0.2, -0.15) is 0 Å². The summed E-state index contributed by atoms with van der Waals surface area (Å²) in [4.78, 5) is 8.14. The molecule has 0 radical (unpaired) electrons. The molecule has 1 aromatic heterocycles. The highest BCUT2D eigenvalue weighted by atomic mass is 35.5. The second-order valence-corrected chi connectivity index (χ2v) is 7.61. The molecule has 0 fully saturated rings. The van der Waals surface area contributed by atoms with Crippen LogP contribution in [0.1, 0.15) is 0 Å². The van der Waals surface area contributed by atoms with Gasteiger partial charge in [0.2, 0.25) is 0 Å². The smallest absolute Gasteiger partial charge is 0.262 e. The maximum Gasteiger partial charge on any atom is 0.262 e. The van der Waals surface area contributed by atoms with Crippen molar-refractivity contribution < 1.29 is 13.5 Å². The van der Waals surface area contributed by atoms with Crippen LogP contribution in [0.2, 0.25) is 10.0 Å². The van der Waals surface area contributed by atoms with Crippen LogP contribution in [0.15, 0.2) is 59.8 Å². The van der Waals surface area contributed by atoms with E-state index in [1.807, 2.05) is 0 Å². The van der Waals surface area contributed by atoms with Crippen LogP contribution in [0.3, 0.4) is 0 Å². The van der Waals surface area contributed by atoms with Gasteiger partial charge < -0.3 is 5.11 Å². The van der Waals surface area contributed by atoms with E-state index in [2.05, 4.69) is 14.7 Å². The normalized spacial score (nSPS) is 11.3. The van der Waals surface area contributed by atoms with Gasteiger partial charge in [-0.3, -0.25) is 4.72 Å². The Labute approximate surface area is 154 Å². The SMILES string of the molecule is O=S(=O)(Nc1cnc(-c2cccc(O)c2)nc1)c1cc(Cl)cc(Cl)c1. The van der Waals surface area contributed by atoms with E-state index in [1.165, 1.54) is 42.7 Å². The van der Waals surface area contributed by atoms with Crippen LogP contribution in [0.5, 0.6) is 5.75 Å². The van der Waals surface area contributed by atoms with Gasteiger partial charge in [0.1, 0.15) is 5.75 Å². The number of nitrogens with zero attached hydrogens (tertiary/aromatic N) is 2. The summed E-state index contributed by atoms with van der Waals surface area (Å²) in [7, 11) is -3.88. The highest BCUT2D eigenvalue weighted by molar-refractivity contribution is 7.92. The molecule has 1 heterocycles. The number of aromatic nitrogens is 2. The van der Waals surface area contributed by atoms with E-state index in [9.17, 15) is 13.5 Å². The van der Waals surface area contributed by atoms with Crippen LogP contribution in [0.25, 0.3) is 11.4 Å². The summed E-state index contributed by atoms with van der Waals surface area (Å²) in [5.41, 5.74) is 0.788. The summed E-state index contributed by atoms with van der Waals surface area (Å²) in [6.45, 7) is 0. The Morgan fingerprint density at radius 1 is 0.960 bits per heavy atom. The molecule has 3 aromatic rings. The van der Waals surface area contributed by atoms with E-state index in [0.29, 0.717) is 11.4 Å². The minimum Gasteiger partial charge on any atom is -0.508 e. The second kappa shape index (κ2) is 6.87. The van der Waals surface area contributed by atoms with Crippen molar-refractivity contribution in [3.8, 4) is 17.1 Å². The Morgan fingerprint density at radius 2 is 1.60 bits per heavy atom. The van der Waals surface area contributed by atoms with Crippen molar-refractivity contribution in [3.63, 3.8) is 0 Å². The van der Waals surface area contributed by atoms with Gasteiger partial charge in [-0.1, -0.05) is 35.3 Å². The summed E-state index contributed by atoms with van der Waals surface area (Å²) in [6, 6.07) is 10.4. The number of phenolic OH excluding ortho intramolecular Hbond substituents is 1. The minimum atomic E-state index is -3.88. The monoisotopic (exact) mass is 395 g/mol. The molecule has 0 aliphatic rings. The number of halogens is 2. The first-order valence-electron chi connectivity index (χ1n) is 6.94. The molecule has 0 aliphatic carbocycles. The summed E-state index contributed by atoms with van der Waals surface area (Å²) in [5, 5.41) is 9.91. The van der Waals surface area contributed by atoms with E-state index < -0.39 is 10.0 Å². The maximum atomic E-state index is 12.4. The number of aromatic hydroxyl groups is 1. The van der Waals surface area contributed by atoms with Gasteiger partial charge in [-0.25, -0.2) is 18.4 Å². The first kappa shape index (κ1) is 17.5. The standard InChI is InChI=1S/C16H11Cl2N3O3S/c17-11-5-12(18)7-15(6-11)25(23,24)21-13-8-19-16(20-9-13)10-2-1-3-14(22)4-10/h1-9,21-22H. The maximum absolute atomic E-state index is 12.4. The molecule has 0 atom stereocenters. The lowest BCUT2D eigenvalue weighted by atomic mass is 10.2. The van der Waals surface area contributed by atoms with Gasteiger partial charge >= 0.3 is 0 Å². The van der Waals surface area contributed by atoms with Gasteiger partial charge in [0.15, 0.2) is 5.82 Å². The van der Waals surface area contributed by atoms with Crippen molar-refractivity contribution in [2.24, 2.45) is 0 Å². The molecule has 6 nitrogen and oxygen atoms in total. The lowest BCUT2D eigenvalue weighted by molar-refractivity contribution is 0.475. The molecule has 2 aromatic carbocycles. The van der Waals surface area contributed by atoms with Crippen molar-refractivity contribution in [3.05, 3.63) is 64.9 Å². The van der Waals surface area contributed by atoms with E-state index >= 15 is 0 Å². The van der Waals surface area contributed by atoms with Gasteiger partial charge in [-0.15, -0.1) is 0 Å². The Kier molecular flexibility index (Phi) is 4.80. The number of benzene rings is 2. The molecule has 0 spiro atoms. The zero-order valence-electron chi connectivity index (χ0n) is 12.5. The summed E-state index contributed by atoms with van der Waals surface area (Å²) >= 11 is 11.7. The van der Waals surface area contributed by atoms with Crippen LogP contribution in [-0.4, -0.2) is 23.5 Å². The largest absolute Gasteiger partial charge is 0.508 e. The fourth-order valence-corrected chi connectivity index (χ4v) is 3.83. The van der Waals surface area contributed by atoms with Gasteiger partial charge in [-0.05, 0) is 30.3 Å². The molecule has 0 bridgehead atoms. The Morgan fingerprint density at radius 3 is 2.20 bits per heavy atom. The van der Waals surface area contributed by atoms with Crippen molar-refractivity contribution in [2.75, 3.05) is 4.72 Å². The predicted molar refractivity (Wildman–Crippen MR) is 96.4 cm³/mol. The van der Waals surface area contributed by atoms with Crippen molar-refractivity contribution in [1.82, 2.24) is 9.97 Å². The fourth-order valence-electron chi connectivity index (χ4n) is 2.07. The molecule has 3 rings (SSSR count). The molecule has 2 N–H and O–H groups in total. The lowest BCUT2D eigenvalue weighted by Gasteiger charge is -2.09. The predicted octanol–water partition coefficient (Wildman–Crippen LogP) is 3.96. The third-order valence-electron chi connectivity index (χ3n) is 3.15. The van der Waals surface area contributed by atoms with Crippen molar-refractivity contribution in [2.45, 2.75) is 4.90 Å². The first-order chi connectivity index (χ1) is 11.8. The zero-order valence-corrected chi connectivity index (χ0v) is 14.8. The number of hydrogen-bond donors (Lipinski definition) is 2. The average Bonchev–Trinajstić information content (AvgIpc) is 2.54. The Bertz CT molecular complexity index is 1000. The molecule has 128 valence electrons. The van der Waals surface area contributed by atoms with Crippen molar-refractivity contribution >= 4 is 38.9 Å². The van der Waals surface area contributed by atoms with Gasteiger partial charge in [0.25, 0.3) is 10.0 Å². The molecule has 25 heavy (non-hydrogen) atoms. The van der Waals surface area contributed by atoms with E-state index in [1.54, 1.807) is 12.1 Å². The van der Waals surface area contributed by atoms with Crippen LogP contribution >= 0.6 is 23.2 Å². The molecular formula is C16H11Cl2N3O3S. The number of anilines is 1. The number of hydrogen-bond acceptors (Lipinski definition) is 5. The highest BCUT2D eigenvalue weighted by Crippen LogP contribution is 2.24. The summed E-state index contributed by atoms with van der Waals surface area (Å²) in [6.07, 6.45) is 2.66. The Hall–Kier alpha value is -2.35. The number of sulfonamides is 1. The van der Waals surface area contributed by atoms with Crippen LogP contribution in [0, 0.1) is 0 Å². The molecular weight excluding hydrogens is 385 g/mol. The Balaban J connectivity index is 1.85. The van der Waals surface area contributed by atoms with E-state index in [4.69, 9.17) is 23.2 Å². The molecule has 0 aliphatic heterocycles. The molecule has 0 saturated heterocycles. The third-order valence-corrected chi connectivity index (χ3v) is 4.95. The lowest BCUT2D eigenvalue weighted by Crippen LogP contribution is -2.13. The van der Waals surface area contributed by atoms with Crippen LogP contribution in [-0.2, 0) is 10.0 Å². The second-order valence-electron chi connectivity index (χ2n) is 5.06. The highest BCUT2D eigenvalue weighted by Gasteiger charge is 2.16. The van der Waals surface area contributed by atoms with Crippen molar-refractivity contribution in [1.29, 1.82) is 0 Å². The third kappa shape index (κ3) is 4.19. The van der Waals surface area contributed by atoms with E-state index in [0.717, 1.165) is 0 Å². The average molecular weight is 396 g/mol. The minimum absolute atomic E-state index is 0.0675. The summed E-state index contributed by atoms with van der Waals surface area (Å²) < 4.78 is 27.1. The topological polar surface area (TPSA) is 92.2 Å². The zero-order chi connectivity index (χ0) is 18.0. The quantitative estimate of drug-likeness (QED) is 0.697. The number of phenols is 1. The molecule has 0 saturated carbocycles. The number of rotatable bonds is 4. The van der Waals surface area contributed by atoms with Gasteiger partial charge in [0, 0.05) is 15.6 Å². The van der Waals surface area contributed by atoms with Gasteiger partial charge in [0.05, 0.1) is 23.0 Å². The van der Waals surface area contributed by atoms with E-state index in [-0.39, 0.29) is 26.4 Å². The molecule has 0 unspecified atom stereocenters. The summed E-state index contributed by atoms with van der Waals surface area (Å²) in [5.74, 6) is 0.438. The van der Waals surface area contributed by atoms with Crippen LogP contribution in [0.4, 0.5) is 5.69 Å². The fraction of sp³-hybridized carbons (Fsp3) is 0.